The standard InChI is InChI=1S/C14H12Br2O3S/c1-20(18,19)11-4-2-3-9(7-11)14(17)12-8-10(15)5-6-13(12)16/h2-8,14,17H,1H3. The number of rotatable bonds is 3. The quantitative estimate of drug-likeness (QED) is 0.825. The monoisotopic (exact) mass is 418 g/mol. The first kappa shape index (κ1) is 15.7. The topological polar surface area (TPSA) is 54.4 Å². The van der Waals surface area contributed by atoms with E-state index < -0.39 is 15.9 Å². The average Bonchev–Trinajstić information content (AvgIpc) is 2.40. The summed E-state index contributed by atoms with van der Waals surface area (Å²) >= 11 is 6.74. The van der Waals surface area contributed by atoms with Crippen molar-refractivity contribution in [1.29, 1.82) is 0 Å². The molecule has 0 saturated heterocycles. The first-order valence-electron chi connectivity index (χ1n) is 5.72. The van der Waals surface area contributed by atoms with Gasteiger partial charge in [0, 0.05) is 20.8 Å². The molecular weight excluding hydrogens is 408 g/mol. The lowest BCUT2D eigenvalue weighted by molar-refractivity contribution is 0.219. The molecule has 2 rings (SSSR count). The van der Waals surface area contributed by atoms with Gasteiger partial charge in [0.1, 0.15) is 6.10 Å². The maximum Gasteiger partial charge on any atom is 0.175 e. The van der Waals surface area contributed by atoms with Crippen molar-refractivity contribution in [3.8, 4) is 0 Å². The van der Waals surface area contributed by atoms with Gasteiger partial charge in [-0.2, -0.15) is 0 Å². The van der Waals surface area contributed by atoms with Gasteiger partial charge in [-0.1, -0.05) is 44.0 Å². The lowest BCUT2D eigenvalue weighted by Crippen LogP contribution is -2.03. The summed E-state index contributed by atoms with van der Waals surface area (Å²) < 4.78 is 24.7. The molecule has 1 atom stereocenters. The van der Waals surface area contributed by atoms with Crippen molar-refractivity contribution in [2.75, 3.05) is 6.26 Å². The van der Waals surface area contributed by atoms with Crippen LogP contribution in [0.25, 0.3) is 0 Å². The zero-order valence-corrected chi connectivity index (χ0v) is 14.5. The Morgan fingerprint density at radius 2 is 1.80 bits per heavy atom. The van der Waals surface area contributed by atoms with Crippen molar-refractivity contribution < 1.29 is 13.5 Å². The molecule has 0 fully saturated rings. The molecule has 0 spiro atoms. The number of sulfone groups is 1. The van der Waals surface area contributed by atoms with Crippen LogP contribution < -0.4 is 0 Å². The smallest absolute Gasteiger partial charge is 0.175 e. The van der Waals surface area contributed by atoms with E-state index in [9.17, 15) is 13.5 Å². The van der Waals surface area contributed by atoms with E-state index in [4.69, 9.17) is 0 Å². The first-order chi connectivity index (χ1) is 9.29. The molecule has 0 bridgehead atoms. The Morgan fingerprint density at radius 3 is 2.45 bits per heavy atom. The third kappa shape index (κ3) is 3.49. The fourth-order valence-corrected chi connectivity index (χ4v) is 3.34. The van der Waals surface area contributed by atoms with E-state index in [1.165, 1.54) is 12.1 Å². The van der Waals surface area contributed by atoms with Crippen LogP contribution in [0.1, 0.15) is 17.2 Å². The van der Waals surface area contributed by atoms with Crippen LogP contribution >= 0.6 is 31.9 Å². The molecule has 106 valence electrons. The van der Waals surface area contributed by atoms with E-state index in [0.29, 0.717) is 11.1 Å². The minimum atomic E-state index is -3.29. The molecule has 20 heavy (non-hydrogen) atoms. The van der Waals surface area contributed by atoms with Crippen LogP contribution in [0.4, 0.5) is 0 Å². The van der Waals surface area contributed by atoms with E-state index in [2.05, 4.69) is 31.9 Å². The van der Waals surface area contributed by atoms with E-state index in [-0.39, 0.29) is 4.90 Å². The van der Waals surface area contributed by atoms with Crippen LogP contribution in [0.5, 0.6) is 0 Å². The van der Waals surface area contributed by atoms with Gasteiger partial charge in [0.05, 0.1) is 4.90 Å². The van der Waals surface area contributed by atoms with Crippen molar-refractivity contribution in [3.05, 3.63) is 62.5 Å². The summed E-state index contributed by atoms with van der Waals surface area (Å²) in [6.45, 7) is 0. The zero-order chi connectivity index (χ0) is 14.9. The van der Waals surface area contributed by atoms with Gasteiger partial charge in [0.25, 0.3) is 0 Å². The highest BCUT2D eigenvalue weighted by atomic mass is 79.9. The summed E-state index contributed by atoms with van der Waals surface area (Å²) in [6.07, 6.45) is 0.247. The van der Waals surface area contributed by atoms with Gasteiger partial charge >= 0.3 is 0 Å². The Morgan fingerprint density at radius 1 is 1.10 bits per heavy atom. The molecule has 3 nitrogen and oxygen atoms in total. The zero-order valence-electron chi connectivity index (χ0n) is 10.5. The van der Waals surface area contributed by atoms with Crippen LogP contribution in [0, 0.1) is 0 Å². The average molecular weight is 420 g/mol. The van der Waals surface area contributed by atoms with E-state index >= 15 is 0 Å². The summed E-state index contributed by atoms with van der Waals surface area (Å²) in [6, 6.07) is 11.8. The van der Waals surface area contributed by atoms with E-state index in [1.54, 1.807) is 18.2 Å². The molecule has 6 heteroatoms. The third-order valence-electron chi connectivity index (χ3n) is 2.85. The lowest BCUT2D eigenvalue weighted by atomic mass is 10.0. The molecule has 0 saturated carbocycles. The molecule has 1 unspecified atom stereocenters. The van der Waals surface area contributed by atoms with Crippen LogP contribution in [0.15, 0.2) is 56.3 Å². The Hall–Kier alpha value is -0.690. The molecule has 0 aliphatic rings. The van der Waals surface area contributed by atoms with E-state index in [1.807, 2.05) is 12.1 Å². The molecule has 0 aliphatic heterocycles. The van der Waals surface area contributed by atoms with Gasteiger partial charge in [-0.15, -0.1) is 0 Å². The molecule has 0 heterocycles. The molecule has 0 amide bonds. The molecule has 0 radical (unpaired) electrons. The number of halogens is 2. The molecule has 2 aromatic carbocycles. The normalized spacial score (nSPS) is 13.2. The van der Waals surface area contributed by atoms with Gasteiger partial charge in [-0.25, -0.2) is 8.42 Å². The minimum Gasteiger partial charge on any atom is -0.384 e. The number of aliphatic hydroxyl groups is 1. The lowest BCUT2D eigenvalue weighted by Gasteiger charge is -2.14. The van der Waals surface area contributed by atoms with Crippen molar-refractivity contribution in [2.24, 2.45) is 0 Å². The van der Waals surface area contributed by atoms with Crippen molar-refractivity contribution in [3.63, 3.8) is 0 Å². The summed E-state index contributed by atoms with van der Waals surface area (Å²) in [5, 5.41) is 10.4. The first-order valence-corrected chi connectivity index (χ1v) is 9.20. The van der Waals surface area contributed by atoms with Crippen molar-refractivity contribution in [1.82, 2.24) is 0 Å². The van der Waals surface area contributed by atoms with Gasteiger partial charge in [0.2, 0.25) is 0 Å². The van der Waals surface area contributed by atoms with Crippen LogP contribution in [-0.2, 0) is 9.84 Å². The van der Waals surface area contributed by atoms with Crippen LogP contribution in [-0.4, -0.2) is 19.8 Å². The second-order valence-corrected chi connectivity index (χ2v) is 8.20. The fourth-order valence-electron chi connectivity index (χ4n) is 1.82. The Labute approximate surface area is 134 Å². The molecule has 0 aromatic heterocycles. The maximum absolute atomic E-state index is 11.6. The second-order valence-electron chi connectivity index (χ2n) is 4.41. The SMILES string of the molecule is CS(=O)(=O)c1cccc(C(O)c2cc(Br)ccc2Br)c1. The molecular formula is C14H12Br2O3S. The Balaban J connectivity index is 2.48. The van der Waals surface area contributed by atoms with Gasteiger partial charge in [-0.3, -0.25) is 0 Å². The predicted molar refractivity (Wildman–Crippen MR) is 85.5 cm³/mol. The number of benzene rings is 2. The van der Waals surface area contributed by atoms with E-state index in [0.717, 1.165) is 15.2 Å². The van der Waals surface area contributed by atoms with Crippen LogP contribution in [0.3, 0.4) is 0 Å². The number of aliphatic hydroxyl groups excluding tert-OH is 1. The third-order valence-corrected chi connectivity index (χ3v) is 5.18. The highest BCUT2D eigenvalue weighted by Crippen LogP contribution is 2.31. The van der Waals surface area contributed by atoms with Crippen LogP contribution in [0.2, 0.25) is 0 Å². The van der Waals surface area contributed by atoms with Crippen molar-refractivity contribution in [2.45, 2.75) is 11.0 Å². The van der Waals surface area contributed by atoms with Gasteiger partial charge in [-0.05, 0) is 35.9 Å². The predicted octanol–water partition coefficient (Wildman–Crippen LogP) is 3.70. The number of hydrogen-bond donors (Lipinski definition) is 1. The molecule has 1 N–H and O–H groups in total. The van der Waals surface area contributed by atoms with Gasteiger partial charge < -0.3 is 5.11 Å². The summed E-state index contributed by atoms with van der Waals surface area (Å²) in [4.78, 5) is 0.195. The Kier molecular flexibility index (Phi) is 4.69. The van der Waals surface area contributed by atoms with Gasteiger partial charge in [0.15, 0.2) is 9.84 Å². The molecule has 0 aliphatic carbocycles. The minimum absolute atomic E-state index is 0.195. The second kappa shape index (κ2) is 5.97. The Bertz CT molecular complexity index is 742. The maximum atomic E-state index is 11.6. The summed E-state index contributed by atoms with van der Waals surface area (Å²) in [5.41, 5.74) is 1.21. The highest BCUT2D eigenvalue weighted by molar-refractivity contribution is 9.11. The number of hydrogen-bond acceptors (Lipinski definition) is 3. The largest absolute Gasteiger partial charge is 0.384 e. The summed E-state index contributed by atoms with van der Waals surface area (Å²) in [5.74, 6) is 0. The summed E-state index contributed by atoms with van der Waals surface area (Å²) in [7, 11) is -3.29. The van der Waals surface area contributed by atoms with Crippen molar-refractivity contribution >= 4 is 41.7 Å². The highest BCUT2D eigenvalue weighted by Gasteiger charge is 2.16. The fraction of sp³-hybridized carbons (Fsp3) is 0.143. The molecule has 2 aromatic rings.